The maximum atomic E-state index is 10.3. The molecule has 31 heavy (non-hydrogen) atoms. The summed E-state index contributed by atoms with van der Waals surface area (Å²) in [5, 5.41) is 30.4. The van der Waals surface area contributed by atoms with Crippen LogP contribution < -0.4 is 0 Å². The Balaban J connectivity index is 1.76. The van der Waals surface area contributed by atoms with Gasteiger partial charge in [-0.2, -0.15) is 0 Å². The molecule has 3 saturated carbocycles. The summed E-state index contributed by atoms with van der Waals surface area (Å²) in [7, 11) is 0. The van der Waals surface area contributed by atoms with E-state index in [1.807, 2.05) is 13.8 Å². The van der Waals surface area contributed by atoms with Crippen molar-refractivity contribution in [1.82, 2.24) is 0 Å². The van der Waals surface area contributed by atoms with Crippen molar-refractivity contribution < 1.29 is 15.3 Å². The number of fused-ring (bicyclic) bond motifs is 1. The zero-order valence-electron chi connectivity index (χ0n) is 20.3. The molecule has 3 N–H and O–H groups in total. The van der Waals surface area contributed by atoms with Crippen LogP contribution in [0.3, 0.4) is 0 Å². The van der Waals surface area contributed by atoms with Crippen LogP contribution in [0.2, 0.25) is 0 Å². The molecule has 3 fully saturated rings. The third-order valence-corrected chi connectivity index (χ3v) is 8.75. The molecule has 0 aromatic carbocycles. The van der Waals surface area contributed by atoms with Crippen molar-refractivity contribution in [3.8, 4) is 0 Å². The van der Waals surface area contributed by atoms with Gasteiger partial charge >= 0.3 is 0 Å². The van der Waals surface area contributed by atoms with Gasteiger partial charge in [-0.3, -0.25) is 0 Å². The fourth-order valence-electron chi connectivity index (χ4n) is 6.32. The second-order valence-corrected chi connectivity index (χ2v) is 11.4. The molecule has 7 atom stereocenters. The van der Waals surface area contributed by atoms with Crippen molar-refractivity contribution in [2.75, 3.05) is 0 Å². The lowest BCUT2D eigenvalue weighted by atomic mass is 9.61. The average Bonchev–Trinajstić information content (AvgIpc) is 3.04. The van der Waals surface area contributed by atoms with Crippen LogP contribution in [0.5, 0.6) is 0 Å². The van der Waals surface area contributed by atoms with Crippen LogP contribution in [0.25, 0.3) is 0 Å². The Morgan fingerprint density at radius 2 is 1.84 bits per heavy atom. The van der Waals surface area contributed by atoms with E-state index in [1.54, 1.807) is 0 Å². The minimum atomic E-state index is -0.684. The van der Waals surface area contributed by atoms with Crippen LogP contribution in [-0.4, -0.2) is 33.1 Å². The van der Waals surface area contributed by atoms with Crippen LogP contribution >= 0.6 is 0 Å². The van der Waals surface area contributed by atoms with Crippen LogP contribution in [0, 0.1) is 29.1 Å². The van der Waals surface area contributed by atoms with Crippen molar-refractivity contribution in [1.29, 1.82) is 0 Å². The molecule has 0 spiro atoms. The zero-order chi connectivity index (χ0) is 23.0. The fourth-order valence-corrected chi connectivity index (χ4v) is 6.32. The van der Waals surface area contributed by atoms with E-state index in [0.29, 0.717) is 36.0 Å². The Labute approximate surface area is 189 Å². The van der Waals surface area contributed by atoms with Crippen molar-refractivity contribution in [3.63, 3.8) is 0 Å². The maximum absolute atomic E-state index is 10.3. The maximum Gasteiger partial charge on any atom is 0.0811 e. The topological polar surface area (TPSA) is 60.7 Å². The summed E-state index contributed by atoms with van der Waals surface area (Å²) in [6, 6.07) is 0. The molecule has 3 aliphatic rings. The molecule has 3 heteroatoms. The lowest BCUT2D eigenvalue weighted by Gasteiger charge is -2.44. The van der Waals surface area contributed by atoms with Gasteiger partial charge in [-0.1, -0.05) is 57.2 Å². The van der Waals surface area contributed by atoms with Crippen molar-refractivity contribution in [3.05, 3.63) is 47.6 Å². The van der Waals surface area contributed by atoms with Gasteiger partial charge in [0.2, 0.25) is 0 Å². The van der Waals surface area contributed by atoms with E-state index < -0.39 is 17.8 Å². The van der Waals surface area contributed by atoms with E-state index in [4.69, 9.17) is 0 Å². The molecule has 0 aromatic heterocycles. The number of allylic oxidation sites excluding steroid dienone is 4. The van der Waals surface area contributed by atoms with E-state index in [1.165, 1.54) is 31.3 Å². The highest BCUT2D eigenvalue weighted by molar-refractivity contribution is 5.38. The van der Waals surface area contributed by atoms with E-state index in [0.717, 1.165) is 17.6 Å². The summed E-state index contributed by atoms with van der Waals surface area (Å²) >= 11 is 0. The van der Waals surface area contributed by atoms with Crippen LogP contribution in [0.15, 0.2) is 47.6 Å². The predicted molar refractivity (Wildman–Crippen MR) is 128 cm³/mol. The molecule has 3 nitrogen and oxygen atoms in total. The van der Waals surface area contributed by atoms with Gasteiger partial charge in [0.25, 0.3) is 0 Å². The molecule has 0 radical (unpaired) electrons. The fraction of sp³-hybridized carbons (Fsp3) is 0.714. The third-order valence-electron chi connectivity index (χ3n) is 8.75. The second-order valence-electron chi connectivity index (χ2n) is 11.4. The molecule has 0 amide bonds. The summed E-state index contributed by atoms with van der Waals surface area (Å²) in [6.07, 6.45) is 15.0. The van der Waals surface area contributed by atoms with Gasteiger partial charge in [0, 0.05) is 12.3 Å². The summed E-state index contributed by atoms with van der Waals surface area (Å²) in [5.41, 5.74) is 2.93. The summed E-state index contributed by atoms with van der Waals surface area (Å²) < 4.78 is 0. The van der Waals surface area contributed by atoms with Gasteiger partial charge in [-0.05, 0) is 86.7 Å². The van der Waals surface area contributed by atoms with E-state index in [-0.39, 0.29) is 5.92 Å². The molecule has 0 bridgehead atoms. The molecular weight excluding hydrogens is 387 g/mol. The van der Waals surface area contributed by atoms with Crippen molar-refractivity contribution >= 4 is 0 Å². The smallest absolute Gasteiger partial charge is 0.0811 e. The second kappa shape index (κ2) is 9.37. The average molecular weight is 432 g/mol. The molecule has 0 heterocycles. The van der Waals surface area contributed by atoms with E-state index in [9.17, 15) is 15.3 Å². The number of aliphatic hydroxyl groups is 3. The largest absolute Gasteiger partial charge is 0.393 e. The first-order chi connectivity index (χ1) is 14.4. The lowest BCUT2D eigenvalue weighted by molar-refractivity contribution is 0.0436. The van der Waals surface area contributed by atoms with Crippen molar-refractivity contribution in [2.24, 2.45) is 29.1 Å². The van der Waals surface area contributed by atoms with Crippen LogP contribution in [-0.2, 0) is 0 Å². The molecule has 0 aliphatic heterocycles. The highest BCUT2D eigenvalue weighted by Gasteiger charge is 2.50. The first kappa shape index (κ1) is 24.5. The van der Waals surface area contributed by atoms with Crippen molar-refractivity contribution in [2.45, 2.75) is 97.4 Å². The molecule has 3 aliphatic carbocycles. The predicted octanol–water partition coefficient (Wildman–Crippen LogP) is 5.73. The number of rotatable bonds is 5. The Bertz CT molecular complexity index is 753. The van der Waals surface area contributed by atoms with Gasteiger partial charge in [0.05, 0.1) is 17.8 Å². The minimum Gasteiger partial charge on any atom is -0.393 e. The van der Waals surface area contributed by atoms with Gasteiger partial charge in [-0.15, -0.1) is 0 Å². The van der Waals surface area contributed by atoms with Gasteiger partial charge in [0.1, 0.15) is 0 Å². The Morgan fingerprint density at radius 3 is 2.52 bits per heavy atom. The zero-order valence-corrected chi connectivity index (χ0v) is 20.3. The molecule has 174 valence electrons. The first-order valence-electron chi connectivity index (χ1n) is 12.3. The lowest BCUT2D eigenvalue weighted by Crippen LogP contribution is -2.35. The third kappa shape index (κ3) is 5.26. The molecular formula is C28H44O3. The molecule has 0 unspecified atom stereocenters. The Hall–Kier alpha value is -1.16. The number of aliphatic hydroxyl groups excluding tert-OH is 2. The monoisotopic (exact) mass is 431 g/mol. The minimum absolute atomic E-state index is 0.141. The quantitative estimate of drug-likeness (QED) is 0.385. The van der Waals surface area contributed by atoms with E-state index in [2.05, 4.69) is 51.7 Å². The molecule has 3 rings (SSSR count). The van der Waals surface area contributed by atoms with Gasteiger partial charge in [0.15, 0.2) is 0 Å². The number of hydrogen-bond donors (Lipinski definition) is 3. The molecule has 0 aromatic rings. The summed E-state index contributed by atoms with van der Waals surface area (Å²) in [6.45, 7) is 14.7. The van der Waals surface area contributed by atoms with Gasteiger partial charge < -0.3 is 15.3 Å². The van der Waals surface area contributed by atoms with Crippen LogP contribution in [0.4, 0.5) is 0 Å². The summed E-state index contributed by atoms with van der Waals surface area (Å²) in [5.74, 6) is 1.91. The Kier molecular flexibility index (Phi) is 7.40. The summed E-state index contributed by atoms with van der Waals surface area (Å²) in [4.78, 5) is 0. The van der Waals surface area contributed by atoms with Crippen LogP contribution in [0.1, 0.15) is 79.6 Å². The SMILES string of the molecule is C=C1/C(=C/C=C2\CCC[C@]3(C)[C@@H]([C@H](C)/C=C/[C@H](C)[13C]([13CH3])([13CH3])O)CC[C@@H]23)C[C@@H](O)C[C@@H]1O. The highest BCUT2D eigenvalue weighted by Crippen LogP contribution is 2.59. The standard InChI is InChI=1S/C28H44O3/c1-18(9-10-19(2)27(4,5)31)24-13-14-25-21(8-7-15-28(24,25)6)11-12-22-16-23(29)17-26(30)20(22)3/h9-12,18-19,23-26,29-31H,3,7-8,13-17H2,1-2,4-6H3/b10-9+,21-11+,22-12+/t18-,19+,23-,24-,25+,26+,28-/m1/s1/i4+1,5+1,27+1. The van der Waals surface area contributed by atoms with E-state index >= 15 is 0 Å². The Morgan fingerprint density at radius 1 is 1.13 bits per heavy atom. The first-order valence-corrected chi connectivity index (χ1v) is 12.3. The normalized spacial score (nSPS) is 39.3. The molecule has 0 saturated heterocycles. The van der Waals surface area contributed by atoms with Gasteiger partial charge in [-0.25, -0.2) is 0 Å². The highest BCUT2D eigenvalue weighted by atomic mass is 16.4. The number of hydrogen-bond acceptors (Lipinski definition) is 3.